The van der Waals surface area contributed by atoms with E-state index in [9.17, 15) is 0 Å². The lowest BCUT2D eigenvalue weighted by Gasteiger charge is -2.19. The molecule has 10 aromatic carbocycles. The summed E-state index contributed by atoms with van der Waals surface area (Å²) in [6.45, 7) is 0. The minimum atomic E-state index is 0.986. The molecule has 0 spiro atoms. The predicted octanol–water partition coefficient (Wildman–Crippen LogP) is 14.9. The molecule has 12 rings (SSSR count). The highest BCUT2D eigenvalue weighted by Crippen LogP contribution is 2.46. The molecule has 12 aromatic rings. The fraction of sp³-hybridized carbons (Fsp3) is 0. The summed E-state index contributed by atoms with van der Waals surface area (Å²) < 4.78 is 2.37. The maximum Gasteiger partial charge on any atom is 0.0871 e. The second-order valence-electron chi connectivity index (χ2n) is 15.1. The van der Waals surface area contributed by atoms with Crippen LogP contribution >= 0.6 is 0 Å². The first-order chi connectivity index (χ1) is 28.3. The van der Waals surface area contributed by atoms with Crippen LogP contribution in [0.1, 0.15) is 0 Å². The van der Waals surface area contributed by atoms with E-state index in [2.05, 4.69) is 205 Å². The van der Waals surface area contributed by atoms with Crippen molar-refractivity contribution in [3.63, 3.8) is 0 Å². The van der Waals surface area contributed by atoms with Gasteiger partial charge in [0.15, 0.2) is 0 Å². The normalized spacial score (nSPS) is 11.9. The van der Waals surface area contributed by atoms with Crippen LogP contribution in [0.25, 0.3) is 115 Å². The van der Waals surface area contributed by atoms with Crippen LogP contribution in [-0.4, -0.2) is 9.38 Å². The van der Waals surface area contributed by atoms with Crippen molar-refractivity contribution in [1.29, 1.82) is 0 Å². The molecule has 2 nitrogen and oxygen atoms in total. The molecule has 0 radical (unpaired) electrons. The second-order valence-corrected chi connectivity index (χ2v) is 15.1. The molecule has 0 N–H and O–H groups in total. The molecule has 0 aliphatic carbocycles. The molecular weight excluding hydrogens is 689 g/mol. The topological polar surface area (TPSA) is 17.3 Å². The van der Waals surface area contributed by atoms with Gasteiger partial charge in [0.25, 0.3) is 0 Å². The molecule has 0 bridgehead atoms. The number of fused-ring (bicyclic) bond motifs is 9. The largest absolute Gasteiger partial charge is 0.306 e. The summed E-state index contributed by atoms with van der Waals surface area (Å²) in [6.07, 6.45) is 2.04. The zero-order valence-corrected chi connectivity index (χ0v) is 31.0. The number of benzene rings is 10. The van der Waals surface area contributed by atoms with Gasteiger partial charge in [-0.3, -0.25) is 4.98 Å². The second kappa shape index (κ2) is 12.5. The van der Waals surface area contributed by atoms with Gasteiger partial charge in [0.05, 0.1) is 28.3 Å². The predicted molar refractivity (Wildman–Crippen MR) is 242 cm³/mol. The lowest BCUT2D eigenvalue weighted by molar-refractivity contribution is 1.27. The Morgan fingerprint density at radius 2 is 0.789 bits per heavy atom. The minimum Gasteiger partial charge on any atom is -0.306 e. The molecule has 2 heterocycles. The highest BCUT2D eigenvalue weighted by atomic mass is 14.9. The summed E-state index contributed by atoms with van der Waals surface area (Å²) in [5.74, 6) is 0. The molecule has 2 heteroatoms. The molecule has 0 saturated heterocycles. The summed E-state index contributed by atoms with van der Waals surface area (Å²) in [4.78, 5) is 4.92. The van der Waals surface area contributed by atoms with Crippen molar-refractivity contribution in [3.05, 3.63) is 206 Å². The Kier molecular flexibility index (Phi) is 6.96. The smallest absolute Gasteiger partial charge is 0.0871 e. The zero-order chi connectivity index (χ0) is 37.5. The zero-order valence-electron chi connectivity index (χ0n) is 31.0. The van der Waals surface area contributed by atoms with Crippen LogP contribution in [0.15, 0.2) is 206 Å². The van der Waals surface area contributed by atoms with Gasteiger partial charge in [0.2, 0.25) is 0 Å². The number of nitrogens with zero attached hydrogens (tertiary/aromatic N) is 2. The van der Waals surface area contributed by atoms with Gasteiger partial charge in [0.1, 0.15) is 0 Å². The molecule has 0 aliphatic heterocycles. The van der Waals surface area contributed by atoms with E-state index in [1.54, 1.807) is 0 Å². The van der Waals surface area contributed by atoms with Gasteiger partial charge in [-0.15, -0.1) is 0 Å². The summed E-state index contributed by atoms with van der Waals surface area (Å²) in [6, 6.07) is 73.4. The first kappa shape index (κ1) is 31.8. The van der Waals surface area contributed by atoms with Crippen molar-refractivity contribution in [3.8, 4) is 44.5 Å². The Balaban J connectivity index is 1.12. The van der Waals surface area contributed by atoms with Crippen LogP contribution < -0.4 is 0 Å². The van der Waals surface area contributed by atoms with E-state index in [4.69, 9.17) is 4.98 Å². The first-order valence-electron chi connectivity index (χ1n) is 19.6. The summed E-state index contributed by atoms with van der Waals surface area (Å²) >= 11 is 0. The number of hydrogen-bond donors (Lipinski definition) is 0. The molecular formula is C55H34N2. The van der Waals surface area contributed by atoms with Gasteiger partial charge in [-0.2, -0.15) is 0 Å². The maximum absolute atomic E-state index is 4.92. The third-order valence-electron chi connectivity index (χ3n) is 11.9. The molecule has 57 heavy (non-hydrogen) atoms. The van der Waals surface area contributed by atoms with Crippen molar-refractivity contribution in [2.24, 2.45) is 0 Å². The maximum atomic E-state index is 4.92. The lowest BCUT2D eigenvalue weighted by atomic mass is 9.84. The van der Waals surface area contributed by atoms with Crippen LogP contribution in [-0.2, 0) is 0 Å². The van der Waals surface area contributed by atoms with Crippen molar-refractivity contribution < 1.29 is 0 Å². The SMILES string of the molecule is c1cc(-c2ccc3c(-c4ccc5ccccc5c4)c4ccccc4c(-c4ccc5ccccc5c4)c3c2)cc(-c2c3ccccc3n3c2cnc2ccccc23)c1. The monoisotopic (exact) mass is 722 g/mol. The lowest BCUT2D eigenvalue weighted by Crippen LogP contribution is -1.92. The highest BCUT2D eigenvalue weighted by Gasteiger charge is 2.20. The van der Waals surface area contributed by atoms with E-state index in [1.165, 1.54) is 98.5 Å². The van der Waals surface area contributed by atoms with Crippen LogP contribution in [0.4, 0.5) is 0 Å². The van der Waals surface area contributed by atoms with Crippen molar-refractivity contribution in [2.75, 3.05) is 0 Å². The third-order valence-corrected chi connectivity index (χ3v) is 11.9. The summed E-state index contributed by atoms with van der Waals surface area (Å²) in [5.41, 5.74) is 14.1. The summed E-state index contributed by atoms with van der Waals surface area (Å²) in [5, 5.41) is 11.2. The van der Waals surface area contributed by atoms with Gasteiger partial charge in [0, 0.05) is 10.9 Å². The molecule has 0 unspecified atom stereocenters. The Morgan fingerprint density at radius 1 is 0.281 bits per heavy atom. The van der Waals surface area contributed by atoms with Gasteiger partial charge >= 0.3 is 0 Å². The number of aromatic nitrogens is 2. The standard InChI is InChI=1S/C55H34N2/c1-3-14-37-30-42(26-24-35(37)12-1)53-44-18-5-6-19-45(44)54(43-27-25-36-13-2-4-15-38(36)31-43)48-33-40(28-29-46(48)53)39-16-11-17-41(32-39)55-47-20-7-9-22-50(47)57-51-23-10-8-21-49(51)56-34-52(55)57/h1-34H. The molecule has 0 saturated carbocycles. The van der Waals surface area contributed by atoms with Gasteiger partial charge < -0.3 is 4.40 Å². The van der Waals surface area contributed by atoms with Gasteiger partial charge in [-0.1, -0.05) is 158 Å². The van der Waals surface area contributed by atoms with E-state index in [-0.39, 0.29) is 0 Å². The Labute approximate surface area is 329 Å². The number of rotatable bonds is 4. The minimum absolute atomic E-state index is 0.986. The molecule has 0 aliphatic rings. The van der Waals surface area contributed by atoms with E-state index in [0.29, 0.717) is 0 Å². The van der Waals surface area contributed by atoms with E-state index >= 15 is 0 Å². The van der Waals surface area contributed by atoms with Crippen LogP contribution in [0.2, 0.25) is 0 Å². The third kappa shape index (κ3) is 4.94. The Hall–Kier alpha value is -7.55. The van der Waals surface area contributed by atoms with E-state index in [1.807, 2.05) is 6.20 Å². The van der Waals surface area contributed by atoms with Gasteiger partial charge in [-0.05, 0) is 124 Å². The van der Waals surface area contributed by atoms with Crippen LogP contribution in [0, 0.1) is 0 Å². The van der Waals surface area contributed by atoms with Gasteiger partial charge in [-0.25, -0.2) is 0 Å². The quantitative estimate of drug-likeness (QED) is 0.165. The molecule has 0 amide bonds. The fourth-order valence-electron chi connectivity index (χ4n) is 9.36. The molecule has 2 aromatic heterocycles. The Morgan fingerprint density at radius 3 is 1.51 bits per heavy atom. The average Bonchev–Trinajstić information content (AvgIpc) is 3.62. The van der Waals surface area contributed by atoms with Crippen LogP contribution in [0.3, 0.4) is 0 Å². The van der Waals surface area contributed by atoms with Crippen LogP contribution in [0.5, 0.6) is 0 Å². The fourth-order valence-corrected chi connectivity index (χ4v) is 9.36. The first-order valence-corrected chi connectivity index (χ1v) is 19.6. The molecule has 0 atom stereocenters. The Bertz CT molecular complexity index is 3590. The van der Waals surface area contributed by atoms with E-state index in [0.717, 1.165) is 16.6 Å². The van der Waals surface area contributed by atoms with Crippen molar-refractivity contribution in [1.82, 2.24) is 9.38 Å². The average molecular weight is 723 g/mol. The number of para-hydroxylation sites is 3. The van der Waals surface area contributed by atoms with E-state index < -0.39 is 0 Å². The van der Waals surface area contributed by atoms with Crippen molar-refractivity contribution >= 4 is 70.5 Å². The van der Waals surface area contributed by atoms with Crippen molar-refractivity contribution in [2.45, 2.75) is 0 Å². The molecule has 264 valence electrons. The number of hydrogen-bond acceptors (Lipinski definition) is 1. The molecule has 0 fully saturated rings. The summed E-state index contributed by atoms with van der Waals surface area (Å²) in [7, 11) is 0. The highest BCUT2D eigenvalue weighted by molar-refractivity contribution is 6.22.